The van der Waals surface area contributed by atoms with Gasteiger partial charge in [-0.15, -0.1) is 0 Å². The van der Waals surface area contributed by atoms with Gasteiger partial charge >= 0.3 is 19.8 Å². The highest BCUT2D eigenvalue weighted by Crippen LogP contribution is 2.47. The van der Waals surface area contributed by atoms with Gasteiger partial charge in [0.25, 0.3) is 0 Å². The molecule has 1 saturated carbocycles. The van der Waals surface area contributed by atoms with Crippen molar-refractivity contribution in [3.63, 3.8) is 0 Å². The Morgan fingerprint density at radius 3 is 1.42 bits per heavy atom. The molecule has 6 N–H and O–H groups in total. The van der Waals surface area contributed by atoms with E-state index in [4.69, 9.17) is 18.5 Å². The minimum absolute atomic E-state index is 0.0913. The Bertz CT molecular complexity index is 1180. The van der Waals surface area contributed by atoms with Gasteiger partial charge in [-0.05, 0) is 51.4 Å². The van der Waals surface area contributed by atoms with Gasteiger partial charge in [0, 0.05) is 12.8 Å². The van der Waals surface area contributed by atoms with Crippen molar-refractivity contribution in [3.05, 3.63) is 36.5 Å². The first kappa shape index (κ1) is 55.1. The molecule has 59 heavy (non-hydrogen) atoms. The summed E-state index contributed by atoms with van der Waals surface area (Å²) >= 11 is 0. The maximum atomic E-state index is 12.8. The van der Waals surface area contributed by atoms with Crippen molar-refractivity contribution in [2.75, 3.05) is 13.2 Å². The fraction of sp³-hybridized carbons (Fsp3) is 0.822. The van der Waals surface area contributed by atoms with E-state index < -0.39 is 75.7 Å². The Morgan fingerprint density at radius 1 is 0.525 bits per heavy atom. The lowest BCUT2D eigenvalue weighted by molar-refractivity contribution is -0.220. The summed E-state index contributed by atoms with van der Waals surface area (Å²) in [6.07, 6.45) is 26.3. The summed E-state index contributed by atoms with van der Waals surface area (Å²) in [5.74, 6) is -1.14. The van der Waals surface area contributed by atoms with Crippen LogP contribution in [0.2, 0.25) is 0 Å². The van der Waals surface area contributed by atoms with Crippen LogP contribution < -0.4 is 0 Å². The van der Waals surface area contributed by atoms with E-state index in [1.165, 1.54) is 83.5 Å². The zero-order valence-electron chi connectivity index (χ0n) is 36.3. The number of hydrogen-bond acceptors (Lipinski definition) is 12. The number of carbonyl (C=O) groups excluding carboxylic acids is 2. The largest absolute Gasteiger partial charge is 0.472 e. The van der Waals surface area contributed by atoms with Crippen LogP contribution in [0.25, 0.3) is 0 Å². The van der Waals surface area contributed by atoms with E-state index in [-0.39, 0.29) is 12.8 Å². The number of esters is 2. The Morgan fingerprint density at radius 2 is 0.915 bits per heavy atom. The van der Waals surface area contributed by atoms with Gasteiger partial charge < -0.3 is 39.9 Å². The minimum atomic E-state index is -5.12. The van der Waals surface area contributed by atoms with Crippen LogP contribution in [0.4, 0.5) is 0 Å². The molecule has 1 aliphatic rings. The van der Waals surface area contributed by atoms with E-state index in [2.05, 4.69) is 50.3 Å². The number of aliphatic hydroxyl groups is 5. The monoisotopic (exact) mass is 861 g/mol. The molecule has 1 aliphatic carbocycles. The van der Waals surface area contributed by atoms with Crippen LogP contribution in [0.1, 0.15) is 181 Å². The van der Waals surface area contributed by atoms with Crippen LogP contribution in [-0.2, 0) is 32.7 Å². The van der Waals surface area contributed by atoms with E-state index in [0.717, 1.165) is 57.8 Å². The molecule has 6 unspecified atom stereocenters. The lowest BCUT2D eigenvalue weighted by atomic mass is 9.85. The molecule has 0 heterocycles. The molecular formula is C45H81O13P. The van der Waals surface area contributed by atoms with Gasteiger partial charge in [-0.1, -0.05) is 153 Å². The Labute approximate surface area is 355 Å². The highest BCUT2D eigenvalue weighted by molar-refractivity contribution is 7.47. The molecule has 1 rings (SSSR count). The number of allylic oxidation sites excluding steroid dienone is 6. The maximum absolute atomic E-state index is 12.8. The van der Waals surface area contributed by atoms with Crippen LogP contribution in [0.15, 0.2) is 36.5 Å². The van der Waals surface area contributed by atoms with Crippen molar-refractivity contribution in [1.29, 1.82) is 0 Å². The zero-order chi connectivity index (χ0) is 43.6. The lowest BCUT2D eigenvalue weighted by Crippen LogP contribution is -2.64. The predicted octanol–water partition coefficient (Wildman–Crippen LogP) is 8.61. The lowest BCUT2D eigenvalue weighted by Gasteiger charge is -2.41. The second-order valence-corrected chi connectivity index (χ2v) is 17.3. The number of hydrogen-bond donors (Lipinski definition) is 6. The number of aliphatic hydroxyl groups excluding tert-OH is 5. The summed E-state index contributed by atoms with van der Waals surface area (Å²) < 4.78 is 33.5. The van der Waals surface area contributed by atoms with Crippen LogP contribution in [-0.4, -0.2) is 98.3 Å². The van der Waals surface area contributed by atoms with E-state index in [1.807, 2.05) is 0 Å². The van der Waals surface area contributed by atoms with E-state index in [0.29, 0.717) is 12.8 Å². The van der Waals surface area contributed by atoms with Crippen LogP contribution in [0.5, 0.6) is 0 Å². The molecule has 344 valence electrons. The third-order valence-electron chi connectivity index (χ3n) is 10.5. The third-order valence-corrected chi connectivity index (χ3v) is 11.5. The highest BCUT2D eigenvalue weighted by atomic mass is 31.2. The molecule has 0 spiro atoms. The fourth-order valence-electron chi connectivity index (χ4n) is 6.76. The summed E-state index contributed by atoms with van der Waals surface area (Å²) in [5.41, 5.74) is 0. The standard InChI is InChI=1S/C45H81O13P/c1-3-5-7-9-11-13-15-17-19-21-23-25-27-29-31-33-38(46)55-35-37(36-56-59(53,54)58-45-43(51)41(49)40(48)42(50)44(45)52)57-39(47)34-32-30-28-26-24-22-20-18-16-14-12-10-8-6-4-2/h11,13,17,19,23,25,37,40-45,48-52H,3-10,12,14-16,18,20-22,24,26-36H2,1-2H3,(H,53,54)/b13-11-,19-17-,25-23-/t37-,40?,41-,42?,43?,44?,45?/m1/s1. The number of ether oxygens (including phenoxy) is 2. The minimum Gasteiger partial charge on any atom is -0.462 e. The fourth-order valence-corrected chi connectivity index (χ4v) is 7.74. The summed E-state index contributed by atoms with van der Waals surface area (Å²) in [5, 5.41) is 50.1. The summed E-state index contributed by atoms with van der Waals surface area (Å²) in [4.78, 5) is 35.6. The molecule has 14 heteroatoms. The first-order chi connectivity index (χ1) is 28.4. The highest BCUT2D eigenvalue weighted by Gasteiger charge is 2.51. The smallest absolute Gasteiger partial charge is 0.462 e. The summed E-state index contributed by atoms with van der Waals surface area (Å²) in [6.45, 7) is 3.24. The van der Waals surface area contributed by atoms with Gasteiger partial charge in [-0.25, -0.2) is 4.57 Å². The van der Waals surface area contributed by atoms with Crippen molar-refractivity contribution in [2.45, 2.75) is 224 Å². The topological polar surface area (TPSA) is 210 Å². The summed E-state index contributed by atoms with van der Waals surface area (Å²) in [7, 11) is -5.12. The van der Waals surface area contributed by atoms with Crippen molar-refractivity contribution in [1.82, 2.24) is 0 Å². The van der Waals surface area contributed by atoms with Crippen molar-refractivity contribution >= 4 is 19.8 Å². The van der Waals surface area contributed by atoms with Crippen molar-refractivity contribution < 1.29 is 63.1 Å². The quantitative estimate of drug-likeness (QED) is 0.0150. The average molecular weight is 861 g/mol. The van der Waals surface area contributed by atoms with Gasteiger partial charge in [0.1, 0.15) is 43.2 Å². The second-order valence-electron chi connectivity index (χ2n) is 15.9. The Balaban J connectivity index is 2.49. The first-order valence-electron chi connectivity index (χ1n) is 22.8. The number of rotatable bonds is 37. The predicted molar refractivity (Wildman–Crippen MR) is 230 cm³/mol. The number of carbonyl (C=O) groups is 2. The van der Waals surface area contributed by atoms with E-state index >= 15 is 0 Å². The van der Waals surface area contributed by atoms with Crippen LogP contribution in [0.3, 0.4) is 0 Å². The van der Waals surface area contributed by atoms with Gasteiger partial charge in [0.15, 0.2) is 6.10 Å². The summed E-state index contributed by atoms with van der Waals surface area (Å²) in [6, 6.07) is 0. The maximum Gasteiger partial charge on any atom is 0.472 e. The SMILES string of the molecule is CCCCC/C=C\C/C=C\C/C=C\CCCCC(=O)OC[C@H](COP(=O)(O)OC1C(O)C(O)C(O)[C@@H](O)C1O)OC(=O)CCCCCCCCCCCCCCCCC. The van der Waals surface area contributed by atoms with E-state index in [1.54, 1.807) is 0 Å². The molecule has 0 aromatic rings. The van der Waals surface area contributed by atoms with Crippen LogP contribution >= 0.6 is 7.82 Å². The normalized spacial score (nSPS) is 22.6. The van der Waals surface area contributed by atoms with E-state index in [9.17, 15) is 44.6 Å². The average Bonchev–Trinajstić information content (AvgIpc) is 3.21. The van der Waals surface area contributed by atoms with Gasteiger partial charge in [0.05, 0.1) is 6.61 Å². The molecule has 0 aromatic carbocycles. The second kappa shape index (κ2) is 35.6. The molecule has 13 nitrogen and oxygen atoms in total. The number of phosphoric ester groups is 1. The zero-order valence-corrected chi connectivity index (χ0v) is 37.2. The van der Waals surface area contributed by atoms with Crippen LogP contribution in [0, 0.1) is 0 Å². The molecule has 0 saturated heterocycles. The Hall–Kier alpha value is -1.93. The molecule has 1 fully saturated rings. The number of phosphoric acid groups is 1. The molecular weight excluding hydrogens is 779 g/mol. The number of unbranched alkanes of at least 4 members (excludes halogenated alkanes) is 19. The molecule has 0 aromatic heterocycles. The van der Waals surface area contributed by atoms with Crippen molar-refractivity contribution in [2.24, 2.45) is 0 Å². The molecule has 8 atom stereocenters. The van der Waals surface area contributed by atoms with Gasteiger partial charge in [0.2, 0.25) is 0 Å². The van der Waals surface area contributed by atoms with Crippen molar-refractivity contribution in [3.8, 4) is 0 Å². The third kappa shape index (κ3) is 28.3. The molecule has 0 radical (unpaired) electrons. The Kier molecular flexibility index (Phi) is 33.3. The molecule has 0 aliphatic heterocycles. The van der Waals surface area contributed by atoms with Gasteiger partial charge in [-0.3, -0.25) is 18.6 Å². The first-order valence-corrected chi connectivity index (χ1v) is 24.3. The molecule has 0 bridgehead atoms. The van der Waals surface area contributed by atoms with Gasteiger partial charge in [-0.2, -0.15) is 0 Å². The molecule has 0 amide bonds.